The van der Waals surface area contributed by atoms with Crippen molar-refractivity contribution in [2.24, 2.45) is 0 Å². The minimum absolute atomic E-state index is 0.228. The SMILES string of the molecule is O=C(NC(c1ccccc1)c1cc2ccccc2o1)c1ccc(-n2ccnc2)nc1. The molecule has 3 heterocycles. The fraction of sp³-hybridized carbons (Fsp3) is 0.0417. The van der Waals surface area contributed by atoms with Crippen LogP contribution in [-0.4, -0.2) is 20.4 Å². The number of carbonyl (C=O) groups is 1. The van der Waals surface area contributed by atoms with E-state index in [1.807, 2.05) is 60.7 Å². The molecule has 0 radical (unpaired) electrons. The summed E-state index contributed by atoms with van der Waals surface area (Å²) in [5, 5.41) is 4.08. The first-order valence-corrected chi connectivity index (χ1v) is 9.56. The van der Waals surface area contributed by atoms with Gasteiger partial charge in [0.1, 0.15) is 29.5 Å². The highest BCUT2D eigenvalue weighted by Gasteiger charge is 2.21. The van der Waals surface area contributed by atoms with Crippen molar-refractivity contribution in [2.75, 3.05) is 0 Å². The number of furan rings is 1. The van der Waals surface area contributed by atoms with Gasteiger partial charge in [-0.25, -0.2) is 9.97 Å². The molecule has 0 fully saturated rings. The quantitative estimate of drug-likeness (QED) is 0.475. The third-order valence-corrected chi connectivity index (χ3v) is 4.92. The summed E-state index contributed by atoms with van der Waals surface area (Å²) >= 11 is 0. The molecule has 0 aliphatic rings. The number of para-hydroxylation sites is 1. The molecular formula is C24H18N4O2. The van der Waals surface area contributed by atoms with Crippen LogP contribution in [0, 0.1) is 0 Å². The number of pyridine rings is 1. The number of amides is 1. The summed E-state index contributed by atoms with van der Waals surface area (Å²) in [7, 11) is 0. The average Bonchev–Trinajstić information content (AvgIpc) is 3.48. The minimum Gasteiger partial charge on any atom is -0.459 e. The smallest absolute Gasteiger partial charge is 0.253 e. The lowest BCUT2D eigenvalue weighted by Gasteiger charge is -2.17. The molecule has 1 atom stereocenters. The summed E-state index contributed by atoms with van der Waals surface area (Å²) in [6.45, 7) is 0. The monoisotopic (exact) mass is 394 g/mol. The largest absolute Gasteiger partial charge is 0.459 e. The maximum absolute atomic E-state index is 13.0. The van der Waals surface area contributed by atoms with Crippen LogP contribution in [0.25, 0.3) is 16.8 Å². The van der Waals surface area contributed by atoms with E-state index in [4.69, 9.17) is 4.42 Å². The molecule has 30 heavy (non-hydrogen) atoms. The Morgan fingerprint density at radius 1 is 1.00 bits per heavy atom. The molecule has 0 saturated carbocycles. The highest BCUT2D eigenvalue weighted by atomic mass is 16.3. The lowest BCUT2D eigenvalue weighted by molar-refractivity contribution is 0.0939. The van der Waals surface area contributed by atoms with Crippen LogP contribution in [0.1, 0.15) is 27.7 Å². The van der Waals surface area contributed by atoms with Gasteiger partial charge in [0.05, 0.1) is 5.56 Å². The van der Waals surface area contributed by atoms with Gasteiger partial charge < -0.3 is 9.73 Å². The lowest BCUT2D eigenvalue weighted by atomic mass is 10.0. The molecular weight excluding hydrogens is 376 g/mol. The Hall–Kier alpha value is -4.19. The molecule has 6 nitrogen and oxygen atoms in total. The van der Waals surface area contributed by atoms with Crippen molar-refractivity contribution in [1.29, 1.82) is 0 Å². The normalized spacial score (nSPS) is 12.0. The zero-order valence-corrected chi connectivity index (χ0v) is 16.0. The minimum atomic E-state index is -0.417. The van der Waals surface area contributed by atoms with Gasteiger partial charge in [0, 0.05) is 24.0 Å². The third kappa shape index (κ3) is 3.46. The van der Waals surface area contributed by atoms with Crippen molar-refractivity contribution in [3.05, 3.63) is 115 Å². The maximum atomic E-state index is 13.0. The summed E-state index contributed by atoms with van der Waals surface area (Å²) in [5.74, 6) is 1.15. The fourth-order valence-electron chi connectivity index (χ4n) is 3.39. The average molecular weight is 394 g/mol. The van der Waals surface area contributed by atoms with E-state index in [-0.39, 0.29) is 5.91 Å². The van der Waals surface area contributed by atoms with Gasteiger partial charge >= 0.3 is 0 Å². The second kappa shape index (κ2) is 7.67. The van der Waals surface area contributed by atoms with Gasteiger partial charge in [0.2, 0.25) is 0 Å². The zero-order valence-electron chi connectivity index (χ0n) is 16.0. The van der Waals surface area contributed by atoms with Crippen molar-refractivity contribution in [3.63, 3.8) is 0 Å². The third-order valence-electron chi connectivity index (χ3n) is 4.92. The van der Waals surface area contributed by atoms with Crippen molar-refractivity contribution in [3.8, 4) is 5.82 Å². The number of nitrogens with zero attached hydrogens (tertiary/aromatic N) is 3. The number of hydrogen-bond acceptors (Lipinski definition) is 4. The number of aromatic nitrogens is 3. The second-order valence-electron chi connectivity index (χ2n) is 6.88. The van der Waals surface area contributed by atoms with Gasteiger partial charge in [-0.15, -0.1) is 0 Å². The molecule has 0 aliphatic carbocycles. The summed E-state index contributed by atoms with van der Waals surface area (Å²) in [5.41, 5.74) is 2.19. The Kier molecular flexibility index (Phi) is 4.57. The molecule has 5 aromatic rings. The molecule has 1 amide bonds. The van der Waals surface area contributed by atoms with Crippen LogP contribution in [0.4, 0.5) is 0 Å². The number of benzene rings is 2. The molecule has 146 valence electrons. The van der Waals surface area contributed by atoms with Crippen LogP contribution in [0.15, 0.2) is 102 Å². The summed E-state index contributed by atoms with van der Waals surface area (Å²) in [6.07, 6.45) is 6.70. The number of carbonyl (C=O) groups excluding carboxylic acids is 1. The highest BCUT2D eigenvalue weighted by molar-refractivity contribution is 5.94. The number of rotatable bonds is 5. The van der Waals surface area contributed by atoms with Crippen LogP contribution in [0.2, 0.25) is 0 Å². The highest BCUT2D eigenvalue weighted by Crippen LogP contribution is 2.28. The first kappa shape index (κ1) is 17.9. The van der Waals surface area contributed by atoms with E-state index in [0.717, 1.165) is 16.5 Å². The van der Waals surface area contributed by atoms with Gasteiger partial charge in [-0.2, -0.15) is 0 Å². The molecule has 5 rings (SSSR count). The second-order valence-corrected chi connectivity index (χ2v) is 6.88. The van der Waals surface area contributed by atoms with Crippen molar-refractivity contribution in [2.45, 2.75) is 6.04 Å². The van der Waals surface area contributed by atoms with Crippen molar-refractivity contribution >= 4 is 16.9 Å². The van der Waals surface area contributed by atoms with Crippen molar-refractivity contribution < 1.29 is 9.21 Å². The van der Waals surface area contributed by atoms with E-state index < -0.39 is 6.04 Å². The zero-order chi connectivity index (χ0) is 20.3. The van der Waals surface area contributed by atoms with E-state index in [1.165, 1.54) is 0 Å². The molecule has 0 saturated heterocycles. The first-order valence-electron chi connectivity index (χ1n) is 9.56. The summed E-state index contributed by atoms with van der Waals surface area (Å²) in [4.78, 5) is 21.4. The maximum Gasteiger partial charge on any atom is 0.253 e. The van der Waals surface area contributed by atoms with Gasteiger partial charge in [0.15, 0.2) is 0 Å². The molecule has 2 aromatic carbocycles. The van der Waals surface area contributed by atoms with Crippen LogP contribution < -0.4 is 5.32 Å². The Labute approximate surface area is 172 Å². The number of fused-ring (bicyclic) bond motifs is 1. The number of nitrogens with one attached hydrogen (secondary N) is 1. The lowest BCUT2D eigenvalue weighted by Crippen LogP contribution is -2.29. The van der Waals surface area contributed by atoms with E-state index in [1.54, 1.807) is 41.6 Å². The van der Waals surface area contributed by atoms with Crippen LogP contribution in [0.3, 0.4) is 0 Å². The van der Waals surface area contributed by atoms with Gasteiger partial charge in [-0.3, -0.25) is 9.36 Å². The van der Waals surface area contributed by atoms with Crippen LogP contribution in [0.5, 0.6) is 0 Å². The molecule has 1 N–H and O–H groups in total. The van der Waals surface area contributed by atoms with Gasteiger partial charge in [-0.05, 0) is 29.8 Å². The Morgan fingerprint density at radius 3 is 2.57 bits per heavy atom. The molecule has 0 spiro atoms. The Morgan fingerprint density at radius 2 is 1.83 bits per heavy atom. The van der Waals surface area contributed by atoms with Crippen LogP contribution in [-0.2, 0) is 0 Å². The summed E-state index contributed by atoms with van der Waals surface area (Å²) < 4.78 is 7.83. The van der Waals surface area contributed by atoms with E-state index in [2.05, 4.69) is 15.3 Å². The Balaban J connectivity index is 1.45. The van der Waals surface area contributed by atoms with E-state index >= 15 is 0 Å². The summed E-state index contributed by atoms with van der Waals surface area (Å²) in [6, 6.07) is 22.7. The number of imidazole rings is 1. The topological polar surface area (TPSA) is 73.0 Å². The van der Waals surface area contributed by atoms with Crippen molar-refractivity contribution in [1.82, 2.24) is 19.9 Å². The molecule has 0 bridgehead atoms. The molecule has 1 unspecified atom stereocenters. The van der Waals surface area contributed by atoms with Crippen LogP contribution >= 0.6 is 0 Å². The predicted octanol–water partition coefficient (Wildman–Crippen LogP) is 4.53. The Bertz CT molecular complexity index is 1240. The van der Waals surface area contributed by atoms with Gasteiger partial charge in [0.25, 0.3) is 5.91 Å². The molecule has 3 aromatic heterocycles. The fourth-order valence-corrected chi connectivity index (χ4v) is 3.39. The predicted molar refractivity (Wildman–Crippen MR) is 113 cm³/mol. The van der Waals surface area contributed by atoms with Gasteiger partial charge in [-0.1, -0.05) is 48.5 Å². The first-order chi connectivity index (χ1) is 14.8. The molecule has 6 heteroatoms. The van der Waals surface area contributed by atoms with E-state index in [0.29, 0.717) is 17.1 Å². The van der Waals surface area contributed by atoms with E-state index in [9.17, 15) is 4.79 Å². The molecule has 0 aliphatic heterocycles. The number of hydrogen-bond donors (Lipinski definition) is 1. The standard InChI is InChI=1S/C24H18N4O2/c29-24(19-10-11-22(26-15-19)28-13-12-25-16-28)27-23(17-6-2-1-3-7-17)21-14-18-8-4-5-9-20(18)30-21/h1-16,23H,(H,27,29).